The maximum absolute atomic E-state index is 4.11. The molecule has 0 spiro atoms. The smallest absolute Gasteiger partial charge is 0.0542 e. The Kier molecular flexibility index (Phi) is 5.86. The predicted octanol–water partition coefficient (Wildman–Crippen LogP) is 12.1. The number of rotatable bonds is 4. The first kappa shape index (κ1) is 27.8. The van der Waals surface area contributed by atoms with Gasteiger partial charge in [0.25, 0.3) is 0 Å². The molecule has 10 rings (SSSR count). The van der Waals surface area contributed by atoms with Gasteiger partial charge in [0.15, 0.2) is 0 Å². The molecule has 232 valence electrons. The lowest BCUT2D eigenvalue weighted by molar-refractivity contribution is 0.728. The quantitative estimate of drug-likeness (QED) is 0.173. The number of aromatic nitrogens is 3. The summed E-state index contributed by atoms with van der Waals surface area (Å²) in [5.41, 5.74) is 11.6. The van der Waals surface area contributed by atoms with Crippen molar-refractivity contribution < 1.29 is 0 Å². The maximum atomic E-state index is 4.11. The highest BCUT2D eigenvalue weighted by Crippen LogP contribution is 2.40. The lowest BCUT2D eigenvalue weighted by Gasteiger charge is -2.15. The van der Waals surface area contributed by atoms with Crippen LogP contribution in [0.25, 0.3) is 83.7 Å². The summed E-state index contributed by atoms with van der Waals surface area (Å²) < 4.78 is 7.22. The van der Waals surface area contributed by atoms with Crippen LogP contribution >= 0.6 is 0 Å². The van der Waals surface area contributed by atoms with Crippen LogP contribution in [0, 0.1) is 5.41 Å². The number of fused-ring (bicyclic) bond motifs is 9. The average Bonchev–Trinajstić information content (AvgIpc) is 3.74. The van der Waals surface area contributed by atoms with Gasteiger partial charge < -0.3 is 13.7 Å². The Labute approximate surface area is 284 Å². The Bertz CT molecular complexity index is 2810. The van der Waals surface area contributed by atoms with E-state index in [9.17, 15) is 0 Å². The van der Waals surface area contributed by atoms with Crippen molar-refractivity contribution in [2.24, 2.45) is 5.41 Å². The molecule has 3 nitrogen and oxygen atoms in total. The Morgan fingerprint density at radius 3 is 1.51 bits per heavy atom. The minimum atomic E-state index is -0.198. The minimum absolute atomic E-state index is 0.198. The zero-order valence-electron chi connectivity index (χ0n) is 27.2. The Hall–Kier alpha value is -6.32. The molecule has 0 fully saturated rings. The zero-order valence-corrected chi connectivity index (χ0v) is 27.2. The van der Waals surface area contributed by atoms with E-state index in [0.717, 1.165) is 17.1 Å². The van der Waals surface area contributed by atoms with Gasteiger partial charge >= 0.3 is 0 Å². The molecule has 0 aliphatic heterocycles. The van der Waals surface area contributed by atoms with E-state index >= 15 is 0 Å². The van der Waals surface area contributed by atoms with Gasteiger partial charge in [0.05, 0.1) is 33.3 Å². The summed E-state index contributed by atoms with van der Waals surface area (Å²) in [7, 11) is 0. The van der Waals surface area contributed by atoms with E-state index in [0.29, 0.717) is 0 Å². The van der Waals surface area contributed by atoms with Crippen molar-refractivity contribution in [3.8, 4) is 17.1 Å². The van der Waals surface area contributed by atoms with E-state index in [1.54, 1.807) is 0 Å². The SMILES string of the molecule is C=CC1(C)C=Cc2c(n(-c3ccc4c(c3)c3ccccc3n4-c3cccc(-n4c5ccccc5c5ccccc54)c3)c3ccccc23)C=C1. The maximum Gasteiger partial charge on any atom is 0.0542 e. The molecular formula is C46H33N3. The number of allylic oxidation sites excluding steroid dienone is 3. The molecule has 0 N–H and O–H groups in total. The fourth-order valence-electron chi connectivity index (χ4n) is 7.97. The molecule has 1 aliphatic rings. The summed E-state index contributed by atoms with van der Waals surface area (Å²) in [6.07, 6.45) is 11.1. The van der Waals surface area contributed by atoms with Gasteiger partial charge in [-0.3, -0.25) is 0 Å². The highest BCUT2D eigenvalue weighted by atomic mass is 15.0. The van der Waals surface area contributed by atoms with Crippen LogP contribution in [0.1, 0.15) is 18.2 Å². The fourth-order valence-corrected chi connectivity index (χ4v) is 7.97. The van der Waals surface area contributed by atoms with Gasteiger partial charge in [-0.05, 0) is 73.7 Å². The van der Waals surface area contributed by atoms with E-state index in [-0.39, 0.29) is 5.41 Å². The van der Waals surface area contributed by atoms with E-state index in [2.05, 4.69) is 191 Å². The third-order valence-electron chi connectivity index (χ3n) is 10.4. The summed E-state index contributed by atoms with van der Waals surface area (Å²) in [5.74, 6) is 0. The van der Waals surface area contributed by atoms with Crippen molar-refractivity contribution in [1.29, 1.82) is 0 Å². The molecule has 9 aromatic rings. The fraction of sp³-hybridized carbons (Fsp3) is 0.0435. The Morgan fingerprint density at radius 1 is 0.449 bits per heavy atom. The van der Waals surface area contributed by atoms with E-state index in [4.69, 9.17) is 0 Å². The van der Waals surface area contributed by atoms with Gasteiger partial charge in [0, 0.05) is 55.0 Å². The molecule has 0 radical (unpaired) electrons. The molecule has 6 aromatic carbocycles. The number of para-hydroxylation sites is 4. The molecule has 49 heavy (non-hydrogen) atoms. The zero-order chi connectivity index (χ0) is 32.7. The minimum Gasteiger partial charge on any atom is -0.309 e. The van der Waals surface area contributed by atoms with Gasteiger partial charge in [0.1, 0.15) is 0 Å². The van der Waals surface area contributed by atoms with Crippen LogP contribution in [-0.4, -0.2) is 13.7 Å². The lowest BCUT2D eigenvalue weighted by Crippen LogP contribution is -2.03. The summed E-state index contributed by atoms with van der Waals surface area (Å²) in [5, 5.41) is 6.24. The molecule has 1 atom stereocenters. The van der Waals surface area contributed by atoms with Gasteiger partial charge in [-0.1, -0.05) is 103 Å². The topological polar surface area (TPSA) is 14.8 Å². The van der Waals surface area contributed by atoms with Gasteiger partial charge in [-0.25, -0.2) is 0 Å². The van der Waals surface area contributed by atoms with Crippen LogP contribution in [0.5, 0.6) is 0 Å². The van der Waals surface area contributed by atoms with Crippen molar-refractivity contribution in [2.45, 2.75) is 6.92 Å². The molecule has 0 amide bonds. The number of nitrogens with zero attached hydrogens (tertiary/aromatic N) is 3. The van der Waals surface area contributed by atoms with Gasteiger partial charge in [-0.15, -0.1) is 6.58 Å². The second-order valence-electron chi connectivity index (χ2n) is 13.3. The second kappa shape index (κ2) is 10.3. The van der Waals surface area contributed by atoms with Crippen LogP contribution in [0.4, 0.5) is 0 Å². The molecule has 0 saturated carbocycles. The molecule has 1 unspecified atom stereocenters. The average molecular weight is 628 g/mol. The van der Waals surface area contributed by atoms with Crippen LogP contribution in [0.2, 0.25) is 0 Å². The molecular weight excluding hydrogens is 595 g/mol. The van der Waals surface area contributed by atoms with Crippen LogP contribution < -0.4 is 0 Å². The van der Waals surface area contributed by atoms with E-state index in [1.807, 2.05) is 6.08 Å². The van der Waals surface area contributed by atoms with E-state index < -0.39 is 0 Å². The highest BCUT2D eigenvalue weighted by molar-refractivity contribution is 6.11. The van der Waals surface area contributed by atoms with Crippen LogP contribution in [-0.2, 0) is 0 Å². The predicted molar refractivity (Wildman–Crippen MR) is 208 cm³/mol. The normalized spacial score (nSPS) is 15.9. The van der Waals surface area contributed by atoms with Gasteiger partial charge in [-0.2, -0.15) is 0 Å². The molecule has 0 bridgehead atoms. The molecule has 0 saturated heterocycles. The second-order valence-corrected chi connectivity index (χ2v) is 13.3. The Balaban J connectivity index is 1.20. The van der Waals surface area contributed by atoms with Crippen molar-refractivity contribution >= 4 is 66.7 Å². The monoisotopic (exact) mass is 627 g/mol. The van der Waals surface area contributed by atoms with Gasteiger partial charge in [0.2, 0.25) is 0 Å². The molecule has 3 heterocycles. The van der Waals surface area contributed by atoms with E-state index in [1.165, 1.54) is 65.8 Å². The summed E-state index contributed by atoms with van der Waals surface area (Å²) in [4.78, 5) is 0. The van der Waals surface area contributed by atoms with Crippen molar-refractivity contribution in [3.05, 3.63) is 176 Å². The van der Waals surface area contributed by atoms with Crippen molar-refractivity contribution in [2.75, 3.05) is 0 Å². The van der Waals surface area contributed by atoms with Crippen LogP contribution in [0.15, 0.2) is 164 Å². The Morgan fingerprint density at radius 2 is 0.918 bits per heavy atom. The first-order valence-corrected chi connectivity index (χ1v) is 16.9. The standard InChI is InChI=1S/C46H33N3/c1-3-46(2)27-25-38-36-17-6-10-21-42(36)49(45(38)26-28-46)33-23-24-44-39(30-33)37-18-7-11-22-43(37)48(44)32-14-12-13-31(29-32)47-40-19-8-4-15-34(40)35-16-5-9-20-41(35)47/h3-30H,1H2,2H3. The summed E-state index contributed by atoms with van der Waals surface area (Å²) in [6, 6.07) is 50.8. The lowest BCUT2D eigenvalue weighted by atomic mass is 9.90. The highest BCUT2D eigenvalue weighted by Gasteiger charge is 2.22. The molecule has 1 aliphatic carbocycles. The summed E-state index contributed by atoms with van der Waals surface area (Å²) in [6.45, 7) is 6.31. The first-order chi connectivity index (χ1) is 24.1. The van der Waals surface area contributed by atoms with Crippen molar-refractivity contribution in [3.63, 3.8) is 0 Å². The molecule has 3 aromatic heterocycles. The number of benzene rings is 6. The number of hydrogen-bond acceptors (Lipinski definition) is 0. The van der Waals surface area contributed by atoms with Crippen molar-refractivity contribution in [1.82, 2.24) is 13.7 Å². The first-order valence-electron chi connectivity index (χ1n) is 16.9. The summed E-state index contributed by atoms with van der Waals surface area (Å²) >= 11 is 0. The van der Waals surface area contributed by atoms with Crippen LogP contribution in [0.3, 0.4) is 0 Å². The third-order valence-corrected chi connectivity index (χ3v) is 10.4. The largest absolute Gasteiger partial charge is 0.309 e. The number of hydrogen-bond donors (Lipinski definition) is 0. The third kappa shape index (κ3) is 4.03. The molecule has 3 heteroatoms.